The summed E-state index contributed by atoms with van der Waals surface area (Å²) >= 11 is 0. The van der Waals surface area contributed by atoms with Crippen molar-refractivity contribution in [1.82, 2.24) is 4.90 Å². The molecule has 1 aromatic carbocycles. The van der Waals surface area contributed by atoms with Gasteiger partial charge in [-0.3, -0.25) is 4.90 Å². The summed E-state index contributed by atoms with van der Waals surface area (Å²) in [4.78, 5) is 2.51. The molecule has 0 radical (unpaired) electrons. The van der Waals surface area contributed by atoms with Crippen molar-refractivity contribution in [2.24, 2.45) is 5.41 Å². The molecule has 0 unspecified atom stereocenters. The fourth-order valence-corrected chi connectivity index (χ4v) is 3.52. The van der Waals surface area contributed by atoms with Crippen LogP contribution in [0.25, 0.3) is 5.57 Å². The number of allylic oxidation sites excluding steroid dienone is 4. The summed E-state index contributed by atoms with van der Waals surface area (Å²) in [6.07, 6.45) is 9.42. The molecule has 0 spiro atoms. The van der Waals surface area contributed by atoms with E-state index >= 15 is 0 Å². The van der Waals surface area contributed by atoms with Crippen LogP contribution < -0.4 is 0 Å². The van der Waals surface area contributed by atoms with E-state index < -0.39 is 0 Å². The second-order valence-electron chi connectivity index (χ2n) is 7.70. The number of hydrogen-bond donors (Lipinski definition) is 0. The van der Waals surface area contributed by atoms with Crippen molar-refractivity contribution >= 4 is 5.57 Å². The Balaban J connectivity index is 1.67. The smallest absolute Gasteiger partial charge is 0.103 e. The SMILES string of the molecule is CCc1ccc(C2=CCC(C)(C)C(OCCN3CCCC3)=C2)cc1. The van der Waals surface area contributed by atoms with Gasteiger partial charge in [0.25, 0.3) is 0 Å². The number of benzene rings is 1. The number of aryl methyl sites for hydroxylation is 1. The quantitative estimate of drug-likeness (QED) is 0.725. The van der Waals surface area contributed by atoms with Gasteiger partial charge in [-0.05, 0) is 61.5 Å². The molecule has 1 saturated heterocycles. The first-order valence-electron chi connectivity index (χ1n) is 9.45. The highest BCUT2D eigenvalue weighted by molar-refractivity contribution is 5.75. The van der Waals surface area contributed by atoms with Crippen LogP contribution in [-0.4, -0.2) is 31.1 Å². The first-order valence-corrected chi connectivity index (χ1v) is 9.45. The molecule has 1 fully saturated rings. The summed E-state index contributed by atoms with van der Waals surface area (Å²) in [6, 6.07) is 8.94. The number of nitrogens with zero attached hydrogens (tertiary/aromatic N) is 1. The lowest BCUT2D eigenvalue weighted by atomic mass is 9.80. The minimum Gasteiger partial charge on any atom is -0.496 e. The Kier molecular flexibility index (Phi) is 5.45. The predicted molar refractivity (Wildman–Crippen MR) is 102 cm³/mol. The first kappa shape index (κ1) is 17.3. The van der Waals surface area contributed by atoms with Gasteiger partial charge in [-0.2, -0.15) is 0 Å². The molecular weight excluding hydrogens is 294 g/mol. The van der Waals surface area contributed by atoms with E-state index in [-0.39, 0.29) is 5.41 Å². The maximum atomic E-state index is 6.24. The van der Waals surface area contributed by atoms with Gasteiger partial charge in [0.2, 0.25) is 0 Å². The Morgan fingerprint density at radius 3 is 2.46 bits per heavy atom. The summed E-state index contributed by atoms with van der Waals surface area (Å²) in [5, 5.41) is 0. The van der Waals surface area contributed by atoms with Crippen LogP contribution in [0.5, 0.6) is 0 Å². The van der Waals surface area contributed by atoms with Gasteiger partial charge in [0.15, 0.2) is 0 Å². The molecule has 1 aromatic rings. The second-order valence-corrected chi connectivity index (χ2v) is 7.70. The zero-order chi connectivity index (χ0) is 17.0. The zero-order valence-corrected chi connectivity index (χ0v) is 15.5. The Morgan fingerprint density at radius 2 is 1.79 bits per heavy atom. The Morgan fingerprint density at radius 1 is 1.08 bits per heavy atom. The molecule has 0 amide bonds. The van der Waals surface area contributed by atoms with Gasteiger partial charge in [-0.1, -0.05) is 51.1 Å². The summed E-state index contributed by atoms with van der Waals surface area (Å²) < 4.78 is 6.24. The van der Waals surface area contributed by atoms with Crippen LogP contribution in [-0.2, 0) is 11.2 Å². The van der Waals surface area contributed by atoms with Gasteiger partial charge in [-0.15, -0.1) is 0 Å². The average Bonchev–Trinajstić information content (AvgIpc) is 3.10. The minimum absolute atomic E-state index is 0.0951. The van der Waals surface area contributed by atoms with E-state index in [0.717, 1.165) is 31.8 Å². The molecule has 1 aliphatic carbocycles. The summed E-state index contributed by atoms with van der Waals surface area (Å²) in [5.74, 6) is 1.14. The van der Waals surface area contributed by atoms with Gasteiger partial charge in [0.05, 0.1) is 0 Å². The second kappa shape index (κ2) is 7.57. The third-order valence-electron chi connectivity index (χ3n) is 5.35. The van der Waals surface area contributed by atoms with E-state index in [1.807, 2.05) is 0 Å². The van der Waals surface area contributed by atoms with Crippen molar-refractivity contribution in [3.05, 3.63) is 53.3 Å². The molecule has 2 nitrogen and oxygen atoms in total. The maximum Gasteiger partial charge on any atom is 0.103 e. The van der Waals surface area contributed by atoms with Crippen molar-refractivity contribution < 1.29 is 4.74 Å². The third kappa shape index (κ3) is 4.10. The van der Waals surface area contributed by atoms with Gasteiger partial charge in [0, 0.05) is 12.0 Å². The first-order chi connectivity index (χ1) is 11.6. The predicted octanol–water partition coefficient (Wildman–Crippen LogP) is 5.06. The lowest BCUT2D eigenvalue weighted by Gasteiger charge is -2.31. The standard InChI is InChI=1S/C22H31NO/c1-4-18-7-9-19(10-8-18)20-11-12-22(2,3)21(17-20)24-16-15-23-13-5-6-14-23/h7-11,17H,4-6,12-16H2,1-3H3. The van der Waals surface area contributed by atoms with E-state index in [4.69, 9.17) is 4.74 Å². The van der Waals surface area contributed by atoms with Crippen LogP contribution in [0, 0.1) is 5.41 Å². The summed E-state index contributed by atoms with van der Waals surface area (Å²) in [5.41, 5.74) is 4.08. The molecule has 2 heteroatoms. The average molecular weight is 325 g/mol. The highest BCUT2D eigenvalue weighted by Crippen LogP contribution is 2.39. The molecule has 3 rings (SSSR count). The molecule has 1 heterocycles. The van der Waals surface area contributed by atoms with E-state index in [0.29, 0.717) is 0 Å². The lowest BCUT2D eigenvalue weighted by molar-refractivity contribution is 0.122. The van der Waals surface area contributed by atoms with E-state index in [1.54, 1.807) is 0 Å². The molecule has 0 bridgehead atoms. The molecule has 0 atom stereocenters. The Bertz CT molecular complexity index is 603. The van der Waals surface area contributed by atoms with E-state index in [2.05, 4.69) is 62.1 Å². The fraction of sp³-hybridized carbons (Fsp3) is 0.545. The normalized spacial score (nSPS) is 20.6. The summed E-state index contributed by atoms with van der Waals surface area (Å²) in [6.45, 7) is 11.1. The van der Waals surface area contributed by atoms with Crippen molar-refractivity contribution in [2.45, 2.75) is 46.5 Å². The number of rotatable bonds is 6. The third-order valence-corrected chi connectivity index (χ3v) is 5.35. The highest BCUT2D eigenvalue weighted by Gasteiger charge is 2.28. The van der Waals surface area contributed by atoms with Crippen LogP contribution in [0.2, 0.25) is 0 Å². The molecule has 24 heavy (non-hydrogen) atoms. The number of hydrogen-bond acceptors (Lipinski definition) is 2. The Labute approximate surface area is 147 Å². The minimum atomic E-state index is 0.0951. The Hall–Kier alpha value is -1.54. The molecule has 0 N–H and O–H groups in total. The highest BCUT2D eigenvalue weighted by atomic mass is 16.5. The molecule has 130 valence electrons. The zero-order valence-electron chi connectivity index (χ0n) is 15.5. The summed E-state index contributed by atoms with van der Waals surface area (Å²) in [7, 11) is 0. The van der Waals surface area contributed by atoms with Crippen molar-refractivity contribution in [3.8, 4) is 0 Å². The topological polar surface area (TPSA) is 12.5 Å². The fourth-order valence-electron chi connectivity index (χ4n) is 3.52. The van der Waals surface area contributed by atoms with Crippen LogP contribution in [0.3, 0.4) is 0 Å². The largest absolute Gasteiger partial charge is 0.496 e. The van der Waals surface area contributed by atoms with Crippen molar-refractivity contribution in [2.75, 3.05) is 26.2 Å². The monoisotopic (exact) mass is 325 g/mol. The van der Waals surface area contributed by atoms with E-state index in [1.165, 1.54) is 42.6 Å². The van der Waals surface area contributed by atoms with Crippen LogP contribution in [0.4, 0.5) is 0 Å². The maximum absolute atomic E-state index is 6.24. The molecule has 2 aliphatic rings. The van der Waals surface area contributed by atoms with Gasteiger partial charge in [0.1, 0.15) is 12.4 Å². The van der Waals surface area contributed by atoms with E-state index in [9.17, 15) is 0 Å². The van der Waals surface area contributed by atoms with Crippen LogP contribution in [0.1, 0.15) is 51.2 Å². The van der Waals surface area contributed by atoms with Crippen molar-refractivity contribution in [3.63, 3.8) is 0 Å². The van der Waals surface area contributed by atoms with Crippen LogP contribution >= 0.6 is 0 Å². The van der Waals surface area contributed by atoms with Gasteiger partial charge < -0.3 is 4.74 Å². The van der Waals surface area contributed by atoms with Gasteiger partial charge in [-0.25, -0.2) is 0 Å². The number of likely N-dealkylation sites (tertiary alicyclic amines) is 1. The van der Waals surface area contributed by atoms with Crippen molar-refractivity contribution in [1.29, 1.82) is 0 Å². The van der Waals surface area contributed by atoms with Gasteiger partial charge >= 0.3 is 0 Å². The van der Waals surface area contributed by atoms with Crippen LogP contribution in [0.15, 0.2) is 42.2 Å². The molecular formula is C22H31NO. The number of ether oxygens (including phenoxy) is 1. The molecule has 0 saturated carbocycles. The molecule has 0 aromatic heterocycles. The molecule has 1 aliphatic heterocycles. The lowest BCUT2D eigenvalue weighted by Crippen LogP contribution is -2.26.